The number of hydrogen-bond donors (Lipinski definition) is 2. The van der Waals surface area contributed by atoms with E-state index in [0.29, 0.717) is 27.4 Å². The monoisotopic (exact) mass is 364 g/mol. The first kappa shape index (κ1) is 17.0. The third-order valence-electron chi connectivity index (χ3n) is 4.00. The largest absolute Gasteiger partial charge is 0.348 e. The number of carbonyl (C=O) groups excluding carboxylic acids is 1. The van der Waals surface area contributed by atoms with E-state index in [4.69, 9.17) is 23.2 Å². The van der Waals surface area contributed by atoms with Gasteiger partial charge in [0.05, 0.1) is 10.0 Å². The van der Waals surface area contributed by atoms with Crippen molar-refractivity contribution >= 4 is 40.7 Å². The molecule has 0 bridgehead atoms. The van der Waals surface area contributed by atoms with Gasteiger partial charge in [-0.15, -0.1) is 0 Å². The molecule has 0 unspecified atom stereocenters. The number of halogens is 2. The van der Waals surface area contributed by atoms with Crippen molar-refractivity contribution in [1.82, 2.24) is 15.3 Å². The zero-order chi connectivity index (χ0) is 16.9. The minimum atomic E-state index is -0.165. The van der Waals surface area contributed by atoms with E-state index in [2.05, 4.69) is 20.6 Å². The SMILES string of the molecule is O=C(NC1CCCCC1)c1ccnc(Nc2ccc(Cl)c(Cl)c2)n1. The van der Waals surface area contributed by atoms with E-state index >= 15 is 0 Å². The number of rotatable bonds is 4. The van der Waals surface area contributed by atoms with Crippen molar-refractivity contribution in [2.75, 3.05) is 5.32 Å². The molecule has 1 aliphatic carbocycles. The molecule has 1 heterocycles. The number of aromatic nitrogens is 2. The van der Waals surface area contributed by atoms with Crippen molar-refractivity contribution in [2.45, 2.75) is 38.1 Å². The molecular weight excluding hydrogens is 347 g/mol. The van der Waals surface area contributed by atoms with Gasteiger partial charge < -0.3 is 10.6 Å². The summed E-state index contributed by atoms with van der Waals surface area (Å²) in [6.45, 7) is 0. The van der Waals surface area contributed by atoms with Crippen molar-refractivity contribution in [2.24, 2.45) is 0 Å². The molecule has 0 saturated heterocycles. The second kappa shape index (κ2) is 7.81. The van der Waals surface area contributed by atoms with E-state index in [-0.39, 0.29) is 11.9 Å². The van der Waals surface area contributed by atoms with E-state index < -0.39 is 0 Å². The van der Waals surface area contributed by atoms with Crippen LogP contribution in [0.4, 0.5) is 11.6 Å². The molecule has 7 heteroatoms. The number of benzene rings is 1. The number of nitrogens with one attached hydrogen (secondary N) is 2. The van der Waals surface area contributed by atoms with Gasteiger partial charge in [-0.1, -0.05) is 42.5 Å². The summed E-state index contributed by atoms with van der Waals surface area (Å²) in [4.78, 5) is 20.8. The fourth-order valence-electron chi connectivity index (χ4n) is 2.75. The Morgan fingerprint density at radius 2 is 1.88 bits per heavy atom. The summed E-state index contributed by atoms with van der Waals surface area (Å²) in [7, 11) is 0. The zero-order valence-corrected chi connectivity index (χ0v) is 14.6. The Labute approximate surface area is 150 Å². The van der Waals surface area contributed by atoms with Crippen LogP contribution in [0.3, 0.4) is 0 Å². The highest BCUT2D eigenvalue weighted by Crippen LogP contribution is 2.26. The van der Waals surface area contributed by atoms with Crippen molar-refractivity contribution in [3.8, 4) is 0 Å². The van der Waals surface area contributed by atoms with Gasteiger partial charge in [-0.05, 0) is 37.1 Å². The lowest BCUT2D eigenvalue weighted by atomic mass is 9.95. The first-order valence-corrected chi connectivity index (χ1v) is 8.73. The first-order valence-electron chi connectivity index (χ1n) is 7.98. The molecule has 1 aliphatic rings. The average molecular weight is 365 g/mol. The second-order valence-corrected chi connectivity index (χ2v) is 6.64. The molecule has 0 spiro atoms. The molecule has 1 aromatic heterocycles. The second-order valence-electron chi connectivity index (χ2n) is 5.83. The topological polar surface area (TPSA) is 66.9 Å². The lowest BCUT2D eigenvalue weighted by Crippen LogP contribution is -2.36. The lowest BCUT2D eigenvalue weighted by Gasteiger charge is -2.22. The molecule has 0 atom stereocenters. The van der Waals surface area contributed by atoms with Crippen LogP contribution in [-0.4, -0.2) is 21.9 Å². The smallest absolute Gasteiger partial charge is 0.270 e. The molecule has 24 heavy (non-hydrogen) atoms. The fourth-order valence-corrected chi connectivity index (χ4v) is 3.05. The van der Waals surface area contributed by atoms with E-state index in [1.54, 1.807) is 30.5 Å². The molecule has 1 aromatic carbocycles. The van der Waals surface area contributed by atoms with E-state index in [1.165, 1.54) is 19.3 Å². The molecule has 1 fully saturated rings. The van der Waals surface area contributed by atoms with E-state index in [0.717, 1.165) is 12.8 Å². The Morgan fingerprint density at radius 1 is 1.08 bits per heavy atom. The maximum absolute atomic E-state index is 12.3. The van der Waals surface area contributed by atoms with Gasteiger partial charge in [-0.3, -0.25) is 4.79 Å². The molecule has 1 saturated carbocycles. The quantitative estimate of drug-likeness (QED) is 0.832. The van der Waals surface area contributed by atoms with E-state index in [1.807, 2.05) is 0 Å². The highest BCUT2D eigenvalue weighted by atomic mass is 35.5. The summed E-state index contributed by atoms with van der Waals surface area (Å²) in [5.41, 5.74) is 1.05. The molecule has 2 aromatic rings. The van der Waals surface area contributed by atoms with Gasteiger partial charge in [-0.2, -0.15) is 0 Å². The van der Waals surface area contributed by atoms with Crippen molar-refractivity contribution in [1.29, 1.82) is 0 Å². The van der Waals surface area contributed by atoms with Crippen LogP contribution in [-0.2, 0) is 0 Å². The van der Waals surface area contributed by atoms with Gasteiger partial charge in [-0.25, -0.2) is 9.97 Å². The minimum Gasteiger partial charge on any atom is -0.348 e. The van der Waals surface area contributed by atoms with Crippen molar-refractivity contribution in [3.05, 3.63) is 46.2 Å². The molecule has 5 nitrogen and oxygen atoms in total. The summed E-state index contributed by atoms with van der Waals surface area (Å²) in [5, 5.41) is 6.99. The van der Waals surface area contributed by atoms with Gasteiger partial charge in [0.25, 0.3) is 5.91 Å². The van der Waals surface area contributed by atoms with Crippen molar-refractivity contribution < 1.29 is 4.79 Å². The highest BCUT2D eigenvalue weighted by molar-refractivity contribution is 6.42. The Morgan fingerprint density at radius 3 is 2.62 bits per heavy atom. The lowest BCUT2D eigenvalue weighted by molar-refractivity contribution is 0.0922. The number of carbonyl (C=O) groups is 1. The van der Waals surface area contributed by atoms with E-state index in [9.17, 15) is 4.79 Å². The van der Waals surface area contributed by atoms with Gasteiger partial charge in [0.15, 0.2) is 0 Å². The van der Waals surface area contributed by atoms with Crippen LogP contribution in [0.2, 0.25) is 10.0 Å². The predicted octanol–water partition coefficient (Wildman–Crippen LogP) is 4.59. The molecule has 126 valence electrons. The molecule has 0 radical (unpaired) electrons. The third kappa shape index (κ3) is 4.36. The first-order chi connectivity index (χ1) is 11.6. The van der Waals surface area contributed by atoms with Crippen LogP contribution in [0.1, 0.15) is 42.6 Å². The summed E-state index contributed by atoms with van der Waals surface area (Å²) in [6, 6.07) is 6.99. The molecular formula is C17H18Cl2N4O. The summed E-state index contributed by atoms with van der Waals surface area (Å²) < 4.78 is 0. The number of anilines is 2. The Bertz CT molecular complexity index is 732. The maximum atomic E-state index is 12.3. The van der Waals surface area contributed by atoms with Crippen LogP contribution in [0.15, 0.2) is 30.5 Å². The van der Waals surface area contributed by atoms with Crippen LogP contribution in [0.25, 0.3) is 0 Å². The Hall–Kier alpha value is -1.85. The third-order valence-corrected chi connectivity index (χ3v) is 4.74. The molecule has 3 rings (SSSR count). The van der Waals surface area contributed by atoms with Crippen LogP contribution in [0, 0.1) is 0 Å². The van der Waals surface area contributed by atoms with Gasteiger partial charge in [0.1, 0.15) is 5.69 Å². The summed E-state index contributed by atoms with van der Waals surface area (Å²) >= 11 is 11.9. The molecule has 2 N–H and O–H groups in total. The average Bonchev–Trinajstić information content (AvgIpc) is 2.59. The fraction of sp³-hybridized carbons (Fsp3) is 0.353. The van der Waals surface area contributed by atoms with Crippen LogP contribution in [0.5, 0.6) is 0 Å². The standard InChI is InChI=1S/C17H18Cl2N4O/c18-13-7-6-12(10-14(13)19)22-17-20-9-8-15(23-17)16(24)21-11-4-2-1-3-5-11/h6-11H,1-5H2,(H,21,24)(H,20,22,23). The number of hydrogen-bond acceptors (Lipinski definition) is 4. The van der Waals surface area contributed by atoms with Gasteiger partial charge in [0.2, 0.25) is 5.95 Å². The van der Waals surface area contributed by atoms with Gasteiger partial charge >= 0.3 is 0 Å². The normalized spacial score (nSPS) is 15.1. The van der Waals surface area contributed by atoms with Crippen LogP contribution < -0.4 is 10.6 Å². The van der Waals surface area contributed by atoms with Crippen LogP contribution >= 0.6 is 23.2 Å². The molecule has 0 aliphatic heterocycles. The number of nitrogens with zero attached hydrogens (tertiary/aromatic N) is 2. The summed E-state index contributed by atoms with van der Waals surface area (Å²) in [6.07, 6.45) is 7.20. The molecule has 1 amide bonds. The maximum Gasteiger partial charge on any atom is 0.270 e. The highest BCUT2D eigenvalue weighted by Gasteiger charge is 2.17. The van der Waals surface area contributed by atoms with Crippen molar-refractivity contribution in [3.63, 3.8) is 0 Å². The predicted molar refractivity (Wildman–Crippen MR) is 96.1 cm³/mol. The minimum absolute atomic E-state index is 0.165. The van der Waals surface area contributed by atoms with Gasteiger partial charge in [0, 0.05) is 17.9 Å². The summed E-state index contributed by atoms with van der Waals surface area (Å²) in [5.74, 6) is 0.172. The Kier molecular flexibility index (Phi) is 5.53. The zero-order valence-electron chi connectivity index (χ0n) is 13.1. The Balaban J connectivity index is 1.68. The number of amides is 1.